The number of benzene rings is 1. The zero-order valence-corrected chi connectivity index (χ0v) is 18.5. The van der Waals surface area contributed by atoms with Crippen LogP contribution in [0.1, 0.15) is 51.4 Å². The van der Waals surface area contributed by atoms with Gasteiger partial charge >= 0.3 is 0 Å². The molecule has 1 aromatic rings. The summed E-state index contributed by atoms with van der Waals surface area (Å²) in [6.45, 7) is 1.13. The van der Waals surface area contributed by atoms with Crippen molar-refractivity contribution < 1.29 is 0 Å². The first-order valence-electron chi connectivity index (χ1n) is 11.5. The summed E-state index contributed by atoms with van der Waals surface area (Å²) in [6.07, 6.45) is 11.2. The summed E-state index contributed by atoms with van der Waals surface area (Å²) < 4.78 is 0. The Balaban J connectivity index is 1.57. The highest BCUT2D eigenvalue weighted by atomic mass is 15.1. The van der Waals surface area contributed by atoms with E-state index < -0.39 is 0 Å². The molecule has 1 aromatic carbocycles. The van der Waals surface area contributed by atoms with Gasteiger partial charge in [0.05, 0.1) is 11.4 Å². The van der Waals surface area contributed by atoms with Crippen LogP contribution in [0.2, 0.25) is 0 Å². The Morgan fingerprint density at radius 1 is 0.893 bits per heavy atom. The molecule has 4 nitrogen and oxygen atoms in total. The van der Waals surface area contributed by atoms with Gasteiger partial charge in [0.15, 0.2) is 0 Å². The maximum Gasteiger partial charge on any atom is 0.0599 e. The van der Waals surface area contributed by atoms with Gasteiger partial charge in [0.1, 0.15) is 0 Å². The van der Waals surface area contributed by atoms with Gasteiger partial charge in [-0.2, -0.15) is 0 Å². The van der Waals surface area contributed by atoms with E-state index in [0.717, 1.165) is 30.3 Å². The minimum atomic E-state index is 0.653. The lowest BCUT2D eigenvalue weighted by atomic mass is 9.72. The predicted octanol–water partition coefficient (Wildman–Crippen LogP) is 4.34. The Morgan fingerprint density at radius 2 is 1.61 bits per heavy atom. The summed E-state index contributed by atoms with van der Waals surface area (Å²) in [6, 6.07) is 10.1. The van der Waals surface area contributed by atoms with Crippen molar-refractivity contribution in [2.75, 3.05) is 45.0 Å². The molecule has 3 atom stereocenters. The Labute approximate surface area is 172 Å². The molecular formula is C24H42N4. The molecule has 0 saturated heterocycles. The van der Waals surface area contributed by atoms with Crippen molar-refractivity contribution in [1.82, 2.24) is 10.6 Å². The van der Waals surface area contributed by atoms with Crippen LogP contribution in [0.15, 0.2) is 24.3 Å². The number of hydrogen-bond donors (Lipinski definition) is 3. The van der Waals surface area contributed by atoms with Gasteiger partial charge in [0, 0.05) is 32.7 Å². The lowest BCUT2D eigenvalue weighted by Crippen LogP contribution is -2.44. The van der Waals surface area contributed by atoms with Crippen molar-refractivity contribution in [3.8, 4) is 0 Å². The van der Waals surface area contributed by atoms with E-state index in [1.807, 2.05) is 7.05 Å². The van der Waals surface area contributed by atoms with Crippen LogP contribution in [0.4, 0.5) is 11.4 Å². The molecule has 3 N–H and O–H groups in total. The van der Waals surface area contributed by atoms with Crippen LogP contribution in [0.25, 0.3) is 0 Å². The normalized spacial score (nSPS) is 30.8. The maximum absolute atomic E-state index is 3.63. The molecule has 0 aromatic heterocycles. The predicted molar refractivity (Wildman–Crippen MR) is 122 cm³/mol. The van der Waals surface area contributed by atoms with Crippen LogP contribution in [0.5, 0.6) is 0 Å². The lowest BCUT2D eigenvalue weighted by Gasteiger charge is -2.40. The first-order chi connectivity index (χ1) is 13.6. The summed E-state index contributed by atoms with van der Waals surface area (Å²) in [5.41, 5.74) is 2.53. The molecular weight excluding hydrogens is 344 g/mol. The van der Waals surface area contributed by atoms with Crippen molar-refractivity contribution in [2.45, 2.75) is 63.5 Å². The van der Waals surface area contributed by atoms with Crippen molar-refractivity contribution in [3.63, 3.8) is 0 Å². The highest BCUT2D eigenvalue weighted by Crippen LogP contribution is 2.38. The Morgan fingerprint density at radius 3 is 2.29 bits per heavy atom. The van der Waals surface area contributed by atoms with E-state index in [1.54, 1.807) is 0 Å². The van der Waals surface area contributed by atoms with Gasteiger partial charge in [-0.15, -0.1) is 0 Å². The molecule has 4 heteroatoms. The second kappa shape index (κ2) is 10.5. The molecule has 0 radical (unpaired) electrons. The number of hydrogen-bond acceptors (Lipinski definition) is 4. The standard InChI is InChI=1S/C24H42N4/c1-25-21-12-9-18(10-13-21)15-19-11-14-22(26-2)20(16-19)17-28(4)24-8-6-5-7-23(24)27-3/h5-8,18-22,25-27H,9-17H2,1-4H3. The maximum atomic E-state index is 3.63. The van der Waals surface area contributed by atoms with Crippen molar-refractivity contribution in [2.24, 2.45) is 17.8 Å². The average Bonchev–Trinajstić information content (AvgIpc) is 2.74. The summed E-state index contributed by atoms with van der Waals surface area (Å²) in [4.78, 5) is 2.46. The van der Waals surface area contributed by atoms with Gasteiger partial charge in [-0.1, -0.05) is 12.1 Å². The number of nitrogens with zero attached hydrogens (tertiary/aromatic N) is 1. The van der Waals surface area contributed by atoms with Crippen LogP contribution in [-0.4, -0.2) is 46.8 Å². The highest BCUT2D eigenvalue weighted by Gasteiger charge is 2.32. The third-order valence-corrected chi connectivity index (χ3v) is 7.48. The van der Waals surface area contributed by atoms with Gasteiger partial charge in [-0.3, -0.25) is 0 Å². The fraction of sp³-hybridized carbons (Fsp3) is 0.750. The summed E-state index contributed by atoms with van der Waals surface area (Å²) >= 11 is 0. The molecule has 0 amide bonds. The third-order valence-electron chi connectivity index (χ3n) is 7.48. The SMILES string of the molecule is CNc1ccccc1N(C)CC1CC(CC2CCC(NC)CC2)CCC1NC. The molecule has 2 saturated carbocycles. The van der Waals surface area contributed by atoms with Crippen LogP contribution in [0.3, 0.4) is 0 Å². The fourth-order valence-corrected chi connectivity index (χ4v) is 5.78. The molecule has 0 bridgehead atoms. The number of nitrogens with one attached hydrogen (secondary N) is 3. The molecule has 0 spiro atoms. The Bertz CT molecular complexity index is 582. The number of anilines is 2. The molecule has 0 heterocycles. The second-order valence-corrected chi connectivity index (χ2v) is 9.22. The van der Waals surface area contributed by atoms with Gasteiger partial charge in [-0.05, 0) is 95.3 Å². The van der Waals surface area contributed by atoms with Crippen LogP contribution < -0.4 is 20.9 Å². The lowest BCUT2D eigenvalue weighted by molar-refractivity contribution is 0.169. The minimum absolute atomic E-state index is 0.653. The van der Waals surface area contributed by atoms with Crippen molar-refractivity contribution in [1.29, 1.82) is 0 Å². The highest BCUT2D eigenvalue weighted by molar-refractivity contribution is 5.69. The fourth-order valence-electron chi connectivity index (χ4n) is 5.78. The molecule has 3 unspecified atom stereocenters. The first kappa shape index (κ1) is 21.4. The topological polar surface area (TPSA) is 39.3 Å². The molecule has 2 aliphatic rings. The largest absolute Gasteiger partial charge is 0.386 e. The van der Waals surface area contributed by atoms with Crippen LogP contribution >= 0.6 is 0 Å². The summed E-state index contributed by atoms with van der Waals surface area (Å²) in [7, 11) is 8.55. The Kier molecular flexibility index (Phi) is 8.04. The van der Waals surface area contributed by atoms with Crippen molar-refractivity contribution >= 4 is 11.4 Å². The van der Waals surface area contributed by atoms with E-state index in [9.17, 15) is 0 Å². The van der Waals surface area contributed by atoms with Crippen molar-refractivity contribution in [3.05, 3.63) is 24.3 Å². The van der Waals surface area contributed by atoms with E-state index in [-0.39, 0.29) is 0 Å². The van der Waals surface area contributed by atoms with E-state index >= 15 is 0 Å². The van der Waals surface area contributed by atoms with E-state index in [0.29, 0.717) is 6.04 Å². The third kappa shape index (κ3) is 5.42. The molecule has 158 valence electrons. The van der Waals surface area contributed by atoms with Gasteiger partial charge in [0.25, 0.3) is 0 Å². The Hall–Kier alpha value is -1.26. The van der Waals surface area contributed by atoms with Gasteiger partial charge in [-0.25, -0.2) is 0 Å². The van der Waals surface area contributed by atoms with E-state index in [2.05, 4.69) is 66.3 Å². The molecule has 2 fully saturated rings. The van der Waals surface area contributed by atoms with Crippen LogP contribution in [0, 0.1) is 17.8 Å². The number of para-hydroxylation sites is 2. The summed E-state index contributed by atoms with van der Waals surface area (Å²) in [5.74, 6) is 2.61. The van der Waals surface area contributed by atoms with E-state index in [4.69, 9.17) is 0 Å². The molecule has 28 heavy (non-hydrogen) atoms. The summed E-state index contributed by atoms with van der Waals surface area (Å²) in [5, 5.41) is 10.5. The van der Waals surface area contributed by atoms with Crippen LogP contribution in [-0.2, 0) is 0 Å². The minimum Gasteiger partial charge on any atom is -0.386 e. The zero-order chi connectivity index (χ0) is 19.9. The quantitative estimate of drug-likeness (QED) is 0.622. The van der Waals surface area contributed by atoms with Gasteiger partial charge < -0.3 is 20.9 Å². The molecule has 0 aliphatic heterocycles. The zero-order valence-electron chi connectivity index (χ0n) is 18.5. The van der Waals surface area contributed by atoms with E-state index in [1.165, 1.54) is 62.7 Å². The first-order valence-corrected chi connectivity index (χ1v) is 11.5. The molecule has 3 rings (SSSR count). The van der Waals surface area contributed by atoms with Gasteiger partial charge in [0.2, 0.25) is 0 Å². The number of rotatable bonds is 8. The molecule has 2 aliphatic carbocycles. The smallest absolute Gasteiger partial charge is 0.0599 e. The monoisotopic (exact) mass is 386 g/mol. The average molecular weight is 387 g/mol. The second-order valence-electron chi connectivity index (χ2n) is 9.22.